The number of amides is 1. The molecule has 9 nitrogen and oxygen atoms in total. The fourth-order valence-corrected chi connectivity index (χ4v) is 3.53. The summed E-state index contributed by atoms with van der Waals surface area (Å²) in [5.74, 6) is 0.345. The van der Waals surface area contributed by atoms with Gasteiger partial charge in [-0.3, -0.25) is 9.89 Å². The van der Waals surface area contributed by atoms with Crippen LogP contribution in [0, 0.1) is 0 Å². The maximum absolute atomic E-state index is 12.2. The van der Waals surface area contributed by atoms with Gasteiger partial charge in [-0.2, -0.15) is 0 Å². The average Bonchev–Trinajstić information content (AvgIpc) is 3.27. The normalized spacial score (nSPS) is 11.0. The minimum absolute atomic E-state index is 0.0758. The number of hydrogen-bond donors (Lipinski definition) is 5. The Kier molecular flexibility index (Phi) is 4.92. The fourth-order valence-electron chi connectivity index (χ4n) is 2.57. The smallest absolute Gasteiger partial charge is 0.323 e. The van der Waals surface area contributed by atoms with E-state index in [0.717, 1.165) is 16.2 Å². The molecule has 4 rings (SSSR count). The Morgan fingerprint density at radius 2 is 2.00 bits per heavy atom. The zero-order valence-corrected chi connectivity index (χ0v) is 16.5. The van der Waals surface area contributed by atoms with E-state index in [9.17, 15) is 14.7 Å². The molecule has 11 heteroatoms. The van der Waals surface area contributed by atoms with Crippen molar-refractivity contribution in [1.82, 2.24) is 25.1 Å². The van der Waals surface area contributed by atoms with Gasteiger partial charge in [0.25, 0.3) is 0 Å². The van der Waals surface area contributed by atoms with Crippen molar-refractivity contribution in [1.29, 1.82) is 0 Å². The van der Waals surface area contributed by atoms with Gasteiger partial charge in [-0.25, -0.2) is 9.78 Å². The molecular weight excluding hydrogens is 448 g/mol. The summed E-state index contributed by atoms with van der Waals surface area (Å²) < 4.78 is 0.797. The number of halogens is 1. The van der Waals surface area contributed by atoms with E-state index in [2.05, 4.69) is 46.4 Å². The van der Waals surface area contributed by atoms with Crippen LogP contribution < -0.4 is 11.0 Å². The van der Waals surface area contributed by atoms with Gasteiger partial charge < -0.3 is 20.4 Å². The second kappa shape index (κ2) is 7.52. The van der Waals surface area contributed by atoms with Crippen molar-refractivity contribution in [3.8, 4) is 17.1 Å². The van der Waals surface area contributed by atoms with E-state index in [-0.39, 0.29) is 23.1 Å². The zero-order valence-electron chi connectivity index (χ0n) is 14.1. The quantitative estimate of drug-likeness (QED) is 0.290. The number of benzene rings is 2. The minimum Gasteiger partial charge on any atom is -0.507 e. The van der Waals surface area contributed by atoms with Crippen LogP contribution in [0.2, 0.25) is 0 Å². The highest BCUT2D eigenvalue weighted by atomic mass is 79.9. The lowest BCUT2D eigenvalue weighted by Gasteiger charge is -2.04. The van der Waals surface area contributed by atoms with Gasteiger partial charge in [-0.05, 0) is 36.4 Å². The molecule has 0 aliphatic rings. The topological polar surface area (TPSA) is 140 Å². The van der Waals surface area contributed by atoms with Crippen LogP contribution in [-0.2, 0) is 4.79 Å². The molecule has 0 bridgehead atoms. The molecule has 2 heterocycles. The summed E-state index contributed by atoms with van der Waals surface area (Å²) in [6.07, 6.45) is 0. The van der Waals surface area contributed by atoms with Gasteiger partial charge in [0, 0.05) is 10.2 Å². The number of thioether (sulfide) groups is 1. The molecule has 0 unspecified atom stereocenters. The highest BCUT2D eigenvalue weighted by Crippen LogP contribution is 2.30. The summed E-state index contributed by atoms with van der Waals surface area (Å²) in [6.45, 7) is 0. The van der Waals surface area contributed by atoms with Crippen LogP contribution in [0.1, 0.15) is 0 Å². The number of phenols is 1. The van der Waals surface area contributed by atoms with Crippen LogP contribution in [0.15, 0.2) is 50.8 Å². The molecule has 0 saturated carbocycles. The molecule has 2 aromatic carbocycles. The predicted molar refractivity (Wildman–Crippen MR) is 109 cm³/mol. The number of anilines is 1. The Morgan fingerprint density at radius 1 is 1.18 bits per heavy atom. The number of hydrogen-bond acceptors (Lipinski definition) is 6. The standard InChI is InChI=1S/C17H13BrN6O3S/c18-8-1-4-13(25)10(5-8)15-22-17(24-23-15)28-7-14(26)19-9-2-3-11-12(6-9)21-16(27)20-11/h1-6,25H,7H2,(H,19,26)(H2,20,21,27)(H,22,23,24). The average molecular weight is 461 g/mol. The molecule has 0 fully saturated rings. The summed E-state index contributed by atoms with van der Waals surface area (Å²) in [4.78, 5) is 33.0. The molecular formula is C17H13BrN6O3S. The first-order valence-electron chi connectivity index (χ1n) is 8.04. The van der Waals surface area contributed by atoms with Crippen molar-refractivity contribution in [2.45, 2.75) is 5.16 Å². The third kappa shape index (κ3) is 3.94. The highest BCUT2D eigenvalue weighted by Gasteiger charge is 2.12. The summed E-state index contributed by atoms with van der Waals surface area (Å²) in [5, 5.41) is 19.9. The first kappa shape index (κ1) is 18.3. The molecule has 0 saturated heterocycles. The lowest BCUT2D eigenvalue weighted by atomic mass is 10.2. The molecule has 28 heavy (non-hydrogen) atoms. The van der Waals surface area contributed by atoms with Crippen molar-refractivity contribution < 1.29 is 9.90 Å². The molecule has 0 spiro atoms. The van der Waals surface area contributed by atoms with Crippen molar-refractivity contribution in [3.63, 3.8) is 0 Å². The molecule has 0 aliphatic carbocycles. The number of nitrogens with one attached hydrogen (secondary N) is 4. The van der Waals surface area contributed by atoms with E-state index in [0.29, 0.717) is 33.3 Å². The number of phenolic OH excluding ortho intramolecular Hbond substituents is 1. The molecule has 0 atom stereocenters. The predicted octanol–water partition coefficient (Wildman–Crippen LogP) is 2.84. The van der Waals surface area contributed by atoms with Gasteiger partial charge in [0.05, 0.1) is 22.3 Å². The molecule has 142 valence electrons. The minimum atomic E-state index is -0.300. The maximum Gasteiger partial charge on any atom is 0.323 e. The summed E-state index contributed by atoms with van der Waals surface area (Å²) in [6, 6.07) is 10.1. The number of carbonyl (C=O) groups is 1. The maximum atomic E-state index is 12.2. The Hall–Kier alpha value is -3.05. The largest absolute Gasteiger partial charge is 0.507 e. The first-order valence-corrected chi connectivity index (χ1v) is 9.82. The number of aromatic nitrogens is 5. The lowest BCUT2D eigenvalue weighted by molar-refractivity contribution is -0.113. The van der Waals surface area contributed by atoms with Crippen molar-refractivity contribution in [2.75, 3.05) is 11.1 Å². The number of imidazole rings is 1. The first-order chi connectivity index (χ1) is 13.5. The molecule has 2 aromatic heterocycles. The fraction of sp³-hybridized carbons (Fsp3) is 0.0588. The van der Waals surface area contributed by atoms with Gasteiger partial charge >= 0.3 is 5.69 Å². The third-order valence-corrected chi connectivity index (χ3v) is 5.15. The molecule has 0 radical (unpaired) electrons. The van der Waals surface area contributed by atoms with Gasteiger partial charge in [-0.1, -0.05) is 27.7 Å². The summed E-state index contributed by atoms with van der Waals surface area (Å²) in [7, 11) is 0. The van der Waals surface area contributed by atoms with E-state index >= 15 is 0 Å². The number of fused-ring (bicyclic) bond motifs is 1. The van der Waals surface area contributed by atoms with Crippen LogP contribution in [0.3, 0.4) is 0 Å². The van der Waals surface area contributed by atoms with Gasteiger partial charge in [0.1, 0.15) is 5.75 Å². The van der Waals surface area contributed by atoms with Crippen molar-refractivity contribution >= 4 is 50.3 Å². The highest BCUT2D eigenvalue weighted by molar-refractivity contribution is 9.10. The summed E-state index contributed by atoms with van der Waals surface area (Å²) >= 11 is 4.50. The monoisotopic (exact) mass is 460 g/mol. The number of carbonyl (C=O) groups excluding carboxylic acids is 1. The Labute approximate surface area is 170 Å². The lowest BCUT2D eigenvalue weighted by Crippen LogP contribution is -2.14. The number of aromatic hydroxyl groups is 1. The second-order valence-electron chi connectivity index (χ2n) is 5.80. The molecule has 4 aromatic rings. The SMILES string of the molecule is O=C(CSc1n[nH]c(-c2cc(Br)ccc2O)n1)Nc1ccc2[nH]c(=O)[nH]c2c1. The van der Waals surface area contributed by atoms with E-state index < -0.39 is 0 Å². The zero-order chi connectivity index (χ0) is 19.7. The Balaban J connectivity index is 1.40. The van der Waals surface area contributed by atoms with Crippen molar-refractivity contribution in [2.24, 2.45) is 0 Å². The van der Waals surface area contributed by atoms with Crippen molar-refractivity contribution in [3.05, 3.63) is 51.4 Å². The number of nitrogens with zero attached hydrogens (tertiary/aromatic N) is 2. The second-order valence-corrected chi connectivity index (χ2v) is 7.66. The third-order valence-electron chi connectivity index (χ3n) is 3.81. The molecule has 0 aliphatic heterocycles. The Morgan fingerprint density at radius 3 is 2.86 bits per heavy atom. The van der Waals surface area contributed by atoms with Crippen LogP contribution >= 0.6 is 27.7 Å². The van der Waals surface area contributed by atoms with Crippen LogP contribution in [0.25, 0.3) is 22.4 Å². The van der Waals surface area contributed by atoms with Gasteiger partial charge in [0.2, 0.25) is 11.1 Å². The van der Waals surface area contributed by atoms with E-state index in [4.69, 9.17) is 0 Å². The van der Waals surface area contributed by atoms with Crippen LogP contribution in [-0.4, -0.2) is 41.9 Å². The van der Waals surface area contributed by atoms with Crippen LogP contribution in [0.4, 0.5) is 5.69 Å². The molecule has 1 amide bonds. The van der Waals surface area contributed by atoms with Crippen LogP contribution in [0.5, 0.6) is 5.75 Å². The Bertz CT molecular complexity index is 1230. The number of aromatic amines is 3. The van der Waals surface area contributed by atoms with E-state index in [1.54, 1.807) is 36.4 Å². The number of rotatable bonds is 5. The number of H-pyrrole nitrogens is 3. The van der Waals surface area contributed by atoms with E-state index in [1.807, 2.05) is 0 Å². The van der Waals surface area contributed by atoms with Gasteiger partial charge in [-0.15, -0.1) is 5.10 Å². The van der Waals surface area contributed by atoms with E-state index in [1.165, 1.54) is 0 Å². The molecule has 5 N–H and O–H groups in total. The summed E-state index contributed by atoms with van der Waals surface area (Å²) in [5.41, 5.74) is 2.06. The van der Waals surface area contributed by atoms with Gasteiger partial charge in [0.15, 0.2) is 5.82 Å².